The van der Waals surface area contributed by atoms with Gasteiger partial charge in [0.05, 0.1) is 12.8 Å². The number of rotatable bonds is 3. The molecule has 0 aliphatic heterocycles. The number of halogens is 1. The zero-order valence-electron chi connectivity index (χ0n) is 10.7. The summed E-state index contributed by atoms with van der Waals surface area (Å²) >= 11 is 0. The highest BCUT2D eigenvalue weighted by molar-refractivity contribution is 6.04. The molecule has 0 bridgehead atoms. The molecule has 0 saturated heterocycles. The van der Waals surface area contributed by atoms with Gasteiger partial charge in [-0.2, -0.15) is 5.26 Å². The molecule has 2 aromatic rings. The summed E-state index contributed by atoms with van der Waals surface area (Å²) in [5, 5.41) is 11.4. The van der Waals surface area contributed by atoms with Crippen LogP contribution in [0.2, 0.25) is 0 Å². The number of nitriles is 1. The van der Waals surface area contributed by atoms with Gasteiger partial charge in [0.2, 0.25) is 0 Å². The lowest BCUT2D eigenvalue weighted by Gasteiger charge is -2.08. The largest absolute Gasteiger partial charge is 0.497 e. The van der Waals surface area contributed by atoms with Crippen LogP contribution in [-0.4, -0.2) is 13.0 Å². The number of carbonyl (C=O) groups excluding carboxylic acids is 1. The number of benzene rings is 2. The van der Waals surface area contributed by atoms with Crippen LogP contribution in [-0.2, 0) is 0 Å². The molecule has 0 fully saturated rings. The van der Waals surface area contributed by atoms with E-state index in [1.807, 2.05) is 0 Å². The number of ether oxygens (including phenoxy) is 1. The van der Waals surface area contributed by atoms with E-state index in [-0.39, 0.29) is 11.3 Å². The lowest BCUT2D eigenvalue weighted by Crippen LogP contribution is -2.13. The normalized spacial score (nSPS) is 9.65. The summed E-state index contributed by atoms with van der Waals surface area (Å²) < 4.78 is 18.4. The van der Waals surface area contributed by atoms with Crippen LogP contribution < -0.4 is 10.1 Å². The van der Waals surface area contributed by atoms with E-state index in [0.29, 0.717) is 11.3 Å². The number of hydrogen-bond donors (Lipinski definition) is 1. The van der Waals surface area contributed by atoms with Gasteiger partial charge in [-0.25, -0.2) is 4.39 Å². The summed E-state index contributed by atoms with van der Waals surface area (Å²) in [6.45, 7) is 0. The van der Waals surface area contributed by atoms with E-state index in [1.54, 1.807) is 30.3 Å². The molecule has 0 aliphatic rings. The first-order valence-corrected chi connectivity index (χ1v) is 5.79. The highest BCUT2D eigenvalue weighted by atomic mass is 19.1. The van der Waals surface area contributed by atoms with Crippen molar-refractivity contribution >= 4 is 11.6 Å². The maximum Gasteiger partial charge on any atom is 0.255 e. The highest BCUT2D eigenvalue weighted by Gasteiger charge is 2.12. The summed E-state index contributed by atoms with van der Waals surface area (Å²) in [6.07, 6.45) is 0. The lowest BCUT2D eigenvalue weighted by molar-refractivity contribution is 0.102. The molecule has 5 heteroatoms. The van der Waals surface area contributed by atoms with E-state index >= 15 is 0 Å². The van der Waals surface area contributed by atoms with E-state index in [4.69, 9.17) is 10.00 Å². The van der Waals surface area contributed by atoms with Crippen molar-refractivity contribution in [2.45, 2.75) is 0 Å². The molecule has 4 nitrogen and oxygen atoms in total. The minimum Gasteiger partial charge on any atom is -0.497 e. The molecule has 2 rings (SSSR count). The second kappa shape index (κ2) is 5.85. The summed E-state index contributed by atoms with van der Waals surface area (Å²) in [5.74, 6) is -0.459. The van der Waals surface area contributed by atoms with Crippen molar-refractivity contribution in [1.29, 1.82) is 5.26 Å². The maximum atomic E-state index is 13.4. The summed E-state index contributed by atoms with van der Waals surface area (Å²) in [4.78, 5) is 12.0. The Morgan fingerprint density at radius 3 is 2.55 bits per heavy atom. The van der Waals surface area contributed by atoms with Crippen LogP contribution in [0.5, 0.6) is 5.75 Å². The third-order valence-electron chi connectivity index (χ3n) is 2.73. The Hall–Kier alpha value is -2.87. The minimum atomic E-state index is -0.667. The third-order valence-corrected chi connectivity index (χ3v) is 2.73. The van der Waals surface area contributed by atoms with Gasteiger partial charge in [0, 0.05) is 5.56 Å². The Balaban J connectivity index is 2.23. The molecule has 20 heavy (non-hydrogen) atoms. The standard InChI is InChI=1S/C15H11FN2O2/c1-20-11-7-5-10(6-8-11)15(19)18-14-4-2-3-13(16)12(14)9-17/h2-8H,1H3,(H,18,19). The molecule has 0 aromatic heterocycles. The van der Waals surface area contributed by atoms with Gasteiger partial charge >= 0.3 is 0 Å². The first kappa shape index (κ1) is 13.6. The van der Waals surface area contributed by atoms with Crippen LogP contribution in [0, 0.1) is 17.1 Å². The number of hydrogen-bond acceptors (Lipinski definition) is 3. The van der Waals surface area contributed by atoms with Crippen LogP contribution in [0.1, 0.15) is 15.9 Å². The molecule has 0 heterocycles. The molecule has 1 N–H and O–H groups in total. The van der Waals surface area contributed by atoms with Crippen molar-refractivity contribution in [3.8, 4) is 11.8 Å². The molecular weight excluding hydrogens is 259 g/mol. The molecule has 0 atom stereocenters. The number of anilines is 1. The van der Waals surface area contributed by atoms with Crippen LogP contribution in [0.25, 0.3) is 0 Å². The Kier molecular flexibility index (Phi) is 3.96. The summed E-state index contributed by atoms with van der Waals surface area (Å²) in [7, 11) is 1.53. The van der Waals surface area contributed by atoms with Gasteiger partial charge in [-0.15, -0.1) is 0 Å². The van der Waals surface area contributed by atoms with Gasteiger partial charge in [0.25, 0.3) is 5.91 Å². The Morgan fingerprint density at radius 2 is 1.95 bits per heavy atom. The lowest BCUT2D eigenvalue weighted by atomic mass is 10.1. The molecule has 1 amide bonds. The van der Waals surface area contributed by atoms with Crippen molar-refractivity contribution in [3.63, 3.8) is 0 Å². The average molecular weight is 270 g/mol. The second-order valence-corrected chi connectivity index (χ2v) is 3.96. The smallest absolute Gasteiger partial charge is 0.255 e. The zero-order valence-corrected chi connectivity index (χ0v) is 10.7. The van der Waals surface area contributed by atoms with E-state index in [0.717, 1.165) is 0 Å². The predicted octanol–water partition coefficient (Wildman–Crippen LogP) is 2.96. The van der Waals surface area contributed by atoms with Crippen LogP contribution >= 0.6 is 0 Å². The number of methoxy groups -OCH3 is 1. The fourth-order valence-electron chi connectivity index (χ4n) is 1.68. The van der Waals surface area contributed by atoms with Gasteiger partial charge in [-0.1, -0.05) is 6.07 Å². The average Bonchev–Trinajstić information content (AvgIpc) is 2.47. The molecule has 100 valence electrons. The molecular formula is C15H11FN2O2. The Morgan fingerprint density at radius 1 is 1.25 bits per heavy atom. The molecule has 0 radical (unpaired) electrons. The fraction of sp³-hybridized carbons (Fsp3) is 0.0667. The van der Waals surface area contributed by atoms with Crippen molar-refractivity contribution in [2.75, 3.05) is 12.4 Å². The number of nitrogens with one attached hydrogen (secondary N) is 1. The van der Waals surface area contributed by atoms with Gasteiger partial charge < -0.3 is 10.1 Å². The predicted molar refractivity (Wildman–Crippen MR) is 72.1 cm³/mol. The Labute approximate surface area is 115 Å². The van der Waals surface area contributed by atoms with Crippen molar-refractivity contribution in [1.82, 2.24) is 0 Å². The van der Waals surface area contributed by atoms with Crippen molar-refractivity contribution in [2.24, 2.45) is 0 Å². The molecule has 0 unspecified atom stereocenters. The van der Waals surface area contributed by atoms with E-state index in [2.05, 4.69) is 5.32 Å². The van der Waals surface area contributed by atoms with Crippen LogP contribution in [0.15, 0.2) is 42.5 Å². The topological polar surface area (TPSA) is 62.1 Å². The molecule has 2 aromatic carbocycles. The SMILES string of the molecule is COc1ccc(C(=O)Nc2cccc(F)c2C#N)cc1. The third kappa shape index (κ3) is 2.75. The van der Waals surface area contributed by atoms with Crippen molar-refractivity contribution in [3.05, 3.63) is 59.4 Å². The highest BCUT2D eigenvalue weighted by Crippen LogP contribution is 2.19. The van der Waals surface area contributed by atoms with Crippen LogP contribution in [0.4, 0.5) is 10.1 Å². The monoisotopic (exact) mass is 270 g/mol. The molecule has 0 saturated carbocycles. The molecule has 0 spiro atoms. The van der Waals surface area contributed by atoms with E-state index in [1.165, 1.54) is 25.3 Å². The van der Waals surface area contributed by atoms with Gasteiger partial charge in [-0.3, -0.25) is 4.79 Å². The summed E-state index contributed by atoms with van der Waals surface area (Å²) in [5.41, 5.74) is 0.349. The van der Waals surface area contributed by atoms with Gasteiger partial charge in [0.15, 0.2) is 0 Å². The maximum absolute atomic E-state index is 13.4. The first-order valence-electron chi connectivity index (χ1n) is 5.79. The van der Waals surface area contributed by atoms with Gasteiger partial charge in [0.1, 0.15) is 23.2 Å². The van der Waals surface area contributed by atoms with E-state index < -0.39 is 11.7 Å². The van der Waals surface area contributed by atoms with E-state index in [9.17, 15) is 9.18 Å². The number of carbonyl (C=O) groups is 1. The molecule has 0 aliphatic carbocycles. The number of nitrogens with zero attached hydrogens (tertiary/aromatic N) is 1. The number of amides is 1. The zero-order chi connectivity index (χ0) is 14.5. The first-order chi connectivity index (χ1) is 9.65. The van der Waals surface area contributed by atoms with Crippen LogP contribution in [0.3, 0.4) is 0 Å². The van der Waals surface area contributed by atoms with Gasteiger partial charge in [-0.05, 0) is 36.4 Å². The fourth-order valence-corrected chi connectivity index (χ4v) is 1.68. The quantitative estimate of drug-likeness (QED) is 0.932. The Bertz CT molecular complexity index is 675. The summed E-state index contributed by atoms with van der Waals surface area (Å²) in [6, 6.07) is 12.3. The van der Waals surface area contributed by atoms with Crippen molar-refractivity contribution < 1.29 is 13.9 Å². The minimum absolute atomic E-state index is 0.147. The second-order valence-electron chi connectivity index (χ2n) is 3.96.